The van der Waals surface area contributed by atoms with Crippen molar-refractivity contribution >= 4 is 17.6 Å². The van der Waals surface area contributed by atoms with E-state index >= 15 is 0 Å². The standard InChI is InChI=1S/C8H15ClN2O/c1-3-4-5-10-8(12)11-7(2)6-9/h4-5,7H,3,6H2,1-2H3,(H2,10,11,12)/b5-4+. The Hall–Kier alpha value is -0.700. The van der Waals surface area contributed by atoms with Gasteiger partial charge in [0.15, 0.2) is 0 Å². The largest absolute Gasteiger partial charge is 0.334 e. The first-order chi connectivity index (χ1) is 5.70. The molecule has 0 aliphatic carbocycles. The third kappa shape index (κ3) is 6.04. The van der Waals surface area contributed by atoms with Gasteiger partial charge in [0, 0.05) is 18.1 Å². The number of alkyl halides is 1. The molecule has 1 unspecified atom stereocenters. The predicted octanol–water partition coefficient (Wildman–Crippen LogP) is 1.84. The summed E-state index contributed by atoms with van der Waals surface area (Å²) in [7, 11) is 0. The summed E-state index contributed by atoms with van der Waals surface area (Å²) in [4.78, 5) is 11.0. The van der Waals surface area contributed by atoms with Crippen LogP contribution in [0.2, 0.25) is 0 Å². The van der Waals surface area contributed by atoms with Crippen molar-refractivity contribution in [3.8, 4) is 0 Å². The SMILES string of the molecule is CC/C=C/NC(=O)NC(C)CCl. The highest BCUT2D eigenvalue weighted by Gasteiger charge is 2.02. The summed E-state index contributed by atoms with van der Waals surface area (Å²) < 4.78 is 0. The third-order valence-electron chi connectivity index (χ3n) is 1.18. The van der Waals surface area contributed by atoms with Crippen molar-refractivity contribution in [2.75, 3.05) is 5.88 Å². The van der Waals surface area contributed by atoms with Gasteiger partial charge in [-0.1, -0.05) is 13.0 Å². The van der Waals surface area contributed by atoms with Crippen molar-refractivity contribution < 1.29 is 4.79 Å². The maximum atomic E-state index is 11.0. The Bertz CT molecular complexity index is 159. The number of carbonyl (C=O) groups excluding carboxylic acids is 1. The van der Waals surface area contributed by atoms with E-state index in [1.165, 1.54) is 0 Å². The Morgan fingerprint density at radius 2 is 2.33 bits per heavy atom. The van der Waals surface area contributed by atoms with Crippen molar-refractivity contribution in [1.82, 2.24) is 10.6 Å². The Morgan fingerprint density at radius 3 is 2.83 bits per heavy atom. The topological polar surface area (TPSA) is 41.1 Å². The van der Waals surface area contributed by atoms with E-state index in [-0.39, 0.29) is 12.1 Å². The molecule has 3 nitrogen and oxygen atoms in total. The molecule has 0 aromatic carbocycles. The number of rotatable bonds is 4. The van der Waals surface area contributed by atoms with Gasteiger partial charge in [-0.15, -0.1) is 11.6 Å². The molecule has 0 saturated carbocycles. The number of hydrogen-bond acceptors (Lipinski definition) is 1. The fourth-order valence-corrected chi connectivity index (χ4v) is 0.634. The summed E-state index contributed by atoms with van der Waals surface area (Å²) in [6.45, 7) is 3.84. The number of carbonyl (C=O) groups is 1. The Morgan fingerprint density at radius 1 is 1.67 bits per heavy atom. The van der Waals surface area contributed by atoms with E-state index in [0.717, 1.165) is 6.42 Å². The van der Waals surface area contributed by atoms with Crippen LogP contribution in [0.1, 0.15) is 20.3 Å². The van der Waals surface area contributed by atoms with Crippen molar-refractivity contribution in [3.05, 3.63) is 12.3 Å². The highest BCUT2D eigenvalue weighted by molar-refractivity contribution is 6.18. The van der Waals surface area contributed by atoms with E-state index in [1.54, 1.807) is 6.20 Å². The van der Waals surface area contributed by atoms with Gasteiger partial charge < -0.3 is 10.6 Å². The van der Waals surface area contributed by atoms with Gasteiger partial charge in [-0.3, -0.25) is 0 Å². The molecule has 0 aliphatic heterocycles. The molecule has 0 heterocycles. The lowest BCUT2D eigenvalue weighted by molar-refractivity contribution is 0.242. The normalized spacial score (nSPS) is 12.9. The van der Waals surface area contributed by atoms with Gasteiger partial charge >= 0.3 is 6.03 Å². The summed E-state index contributed by atoms with van der Waals surface area (Å²) in [6.07, 6.45) is 4.40. The average molecular weight is 191 g/mol. The first-order valence-electron chi connectivity index (χ1n) is 3.98. The highest BCUT2D eigenvalue weighted by atomic mass is 35.5. The van der Waals surface area contributed by atoms with Crippen LogP contribution in [0, 0.1) is 0 Å². The van der Waals surface area contributed by atoms with Crippen LogP contribution < -0.4 is 10.6 Å². The zero-order valence-corrected chi connectivity index (χ0v) is 8.19. The smallest absolute Gasteiger partial charge is 0.318 e. The second-order valence-corrected chi connectivity index (χ2v) is 2.79. The Kier molecular flexibility index (Phi) is 6.57. The van der Waals surface area contributed by atoms with Crippen LogP contribution in [0.15, 0.2) is 12.3 Å². The number of nitrogens with one attached hydrogen (secondary N) is 2. The molecule has 0 aromatic heterocycles. The van der Waals surface area contributed by atoms with Gasteiger partial charge in [-0.05, 0) is 13.3 Å². The summed E-state index contributed by atoms with van der Waals surface area (Å²) in [6, 6.07) is -0.213. The Balaban J connectivity index is 3.52. The molecule has 0 fully saturated rings. The zero-order chi connectivity index (χ0) is 9.40. The summed E-state index contributed by atoms with van der Waals surface area (Å²) in [5, 5.41) is 5.21. The van der Waals surface area contributed by atoms with Crippen molar-refractivity contribution in [3.63, 3.8) is 0 Å². The number of amides is 2. The molecular weight excluding hydrogens is 176 g/mol. The van der Waals surface area contributed by atoms with E-state index in [9.17, 15) is 4.79 Å². The fraction of sp³-hybridized carbons (Fsp3) is 0.625. The molecule has 1 atom stereocenters. The van der Waals surface area contributed by atoms with Crippen molar-refractivity contribution in [2.45, 2.75) is 26.3 Å². The first kappa shape index (κ1) is 11.3. The fourth-order valence-electron chi connectivity index (χ4n) is 0.556. The molecule has 0 rings (SSSR count). The lowest BCUT2D eigenvalue weighted by Crippen LogP contribution is -2.39. The lowest BCUT2D eigenvalue weighted by atomic mass is 10.4. The minimum absolute atomic E-state index is 0.00157. The van der Waals surface area contributed by atoms with Crippen LogP contribution in [-0.4, -0.2) is 18.0 Å². The van der Waals surface area contributed by atoms with Crippen LogP contribution in [0.25, 0.3) is 0 Å². The monoisotopic (exact) mass is 190 g/mol. The molecule has 2 N–H and O–H groups in total. The van der Waals surface area contributed by atoms with Crippen LogP contribution in [0.3, 0.4) is 0 Å². The zero-order valence-electron chi connectivity index (χ0n) is 7.43. The van der Waals surface area contributed by atoms with E-state index in [0.29, 0.717) is 5.88 Å². The molecule has 0 radical (unpaired) electrons. The van der Waals surface area contributed by atoms with Crippen LogP contribution in [0.5, 0.6) is 0 Å². The Labute approximate surface area is 78.2 Å². The maximum absolute atomic E-state index is 11.0. The first-order valence-corrected chi connectivity index (χ1v) is 4.52. The quantitative estimate of drug-likeness (QED) is 0.653. The molecule has 2 amide bonds. The summed E-state index contributed by atoms with van der Waals surface area (Å²) >= 11 is 5.50. The van der Waals surface area contributed by atoms with E-state index in [1.807, 2.05) is 19.9 Å². The predicted molar refractivity (Wildman–Crippen MR) is 51.3 cm³/mol. The van der Waals surface area contributed by atoms with Gasteiger partial charge in [0.1, 0.15) is 0 Å². The van der Waals surface area contributed by atoms with E-state index in [4.69, 9.17) is 11.6 Å². The lowest BCUT2D eigenvalue weighted by Gasteiger charge is -2.09. The highest BCUT2D eigenvalue weighted by Crippen LogP contribution is 1.85. The summed E-state index contributed by atoms with van der Waals surface area (Å²) in [5.41, 5.74) is 0. The molecule has 0 saturated heterocycles. The molecule has 0 aromatic rings. The van der Waals surface area contributed by atoms with E-state index in [2.05, 4.69) is 10.6 Å². The van der Waals surface area contributed by atoms with Gasteiger partial charge in [0.25, 0.3) is 0 Å². The second kappa shape index (κ2) is 6.98. The van der Waals surface area contributed by atoms with Gasteiger partial charge in [-0.2, -0.15) is 0 Å². The number of halogens is 1. The van der Waals surface area contributed by atoms with E-state index < -0.39 is 0 Å². The van der Waals surface area contributed by atoms with Crippen molar-refractivity contribution in [2.24, 2.45) is 0 Å². The number of hydrogen-bond donors (Lipinski definition) is 2. The minimum atomic E-state index is -0.215. The molecule has 4 heteroatoms. The van der Waals surface area contributed by atoms with Gasteiger partial charge in [0.2, 0.25) is 0 Å². The second-order valence-electron chi connectivity index (χ2n) is 2.48. The molecular formula is C8H15ClN2O. The van der Waals surface area contributed by atoms with Gasteiger partial charge in [0.05, 0.1) is 0 Å². The molecule has 0 bridgehead atoms. The summed E-state index contributed by atoms with van der Waals surface area (Å²) in [5.74, 6) is 0.422. The third-order valence-corrected chi connectivity index (χ3v) is 1.64. The molecule has 0 spiro atoms. The average Bonchev–Trinajstić information content (AvgIpc) is 2.05. The van der Waals surface area contributed by atoms with Crippen LogP contribution in [0.4, 0.5) is 4.79 Å². The van der Waals surface area contributed by atoms with Crippen LogP contribution >= 0.6 is 11.6 Å². The van der Waals surface area contributed by atoms with Crippen LogP contribution in [-0.2, 0) is 0 Å². The minimum Gasteiger partial charge on any atom is -0.334 e. The molecule has 0 aliphatic rings. The number of allylic oxidation sites excluding steroid dienone is 1. The van der Waals surface area contributed by atoms with Gasteiger partial charge in [-0.25, -0.2) is 4.79 Å². The maximum Gasteiger partial charge on any atom is 0.318 e. The van der Waals surface area contributed by atoms with Crippen molar-refractivity contribution in [1.29, 1.82) is 0 Å². The molecule has 70 valence electrons. The molecule has 12 heavy (non-hydrogen) atoms. The number of urea groups is 1.